The third-order valence-corrected chi connectivity index (χ3v) is 3.73. The van der Waals surface area contributed by atoms with Crippen molar-refractivity contribution >= 4 is 23.4 Å². The quantitative estimate of drug-likeness (QED) is 0.656. The van der Waals surface area contributed by atoms with Gasteiger partial charge in [0.15, 0.2) is 0 Å². The number of amides is 3. The molecule has 2 atom stereocenters. The van der Waals surface area contributed by atoms with Crippen LogP contribution in [0.3, 0.4) is 0 Å². The van der Waals surface area contributed by atoms with Crippen molar-refractivity contribution in [1.29, 1.82) is 10.5 Å². The van der Waals surface area contributed by atoms with E-state index in [1.807, 2.05) is 0 Å². The molecule has 1 aliphatic rings. The van der Waals surface area contributed by atoms with Crippen LogP contribution in [0.25, 0.3) is 0 Å². The summed E-state index contributed by atoms with van der Waals surface area (Å²) in [5.41, 5.74) is 8.86. The maximum atomic E-state index is 12.5. The Hall–Kier alpha value is -3.39. The van der Waals surface area contributed by atoms with Crippen LogP contribution < -0.4 is 16.8 Å². The SMILES string of the molecule is N#CC(C(N)=O)C1(C(C#N)C(N)=O)C(=O)Nc2ccccc21. The van der Waals surface area contributed by atoms with Crippen LogP contribution >= 0.6 is 0 Å². The van der Waals surface area contributed by atoms with E-state index in [9.17, 15) is 24.9 Å². The molecular formula is C14H11N5O3. The van der Waals surface area contributed by atoms with E-state index in [0.29, 0.717) is 5.69 Å². The van der Waals surface area contributed by atoms with Crippen LogP contribution in [-0.4, -0.2) is 17.7 Å². The first-order valence-electron chi connectivity index (χ1n) is 6.20. The van der Waals surface area contributed by atoms with Crippen LogP contribution in [-0.2, 0) is 19.8 Å². The maximum absolute atomic E-state index is 12.5. The van der Waals surface area contributed by atoms with Crippen molar-refractivity contribution in [3.63, 3.8) is 0 Å². The minimum absolute atomic E-state index is 0.177. The monoisotopic (exact) mass is 297 g/mol. The summed E-state index contributed by atoms with van der Waals surface area (Å²) in [7, 11) is 0. The number of nitrogens with zero attached hydrogens (tertiary/aromatic N) is 2. The number of para-hydroxylation sites is 1. The van der Waals surface area contributed by atoms with Gasteiger partial charge in [-0.2, -0.15) is 10.5 Å². The molecule has 0 radical (unpaired) electrons. The summed E-state index contributed by atoms with van der Waals surface area (Å²) in [5, 5.41) is 21.1. The van der Waals surface area contributed by atoms with E-state index in [1.165, 1.54) is 12.1 Å². The molecular weight excluding hydrogens is 286 g/mol. The average Bonchev–Trinajstić information content (AvgIpc) is 2.74. The topological polar surface area (TPSA) is 163 Å². The summed E-state index contributed by atoms with van der Waals surface area (Å²) in [6, 6.07) is 9.41. The highest BCUT2D eigenvalue weighted by atomic mass is 16.2. The number of nitriles is 2. The number of carbonyl (C=O) groups excluding carboxylic acids is 3. The molecule has 0 bridgehead atoms. The van der Waals surface area contributed by atoms with Gasteiger partial charge in [-0.1, -0.05) is 18.2 Å². The number of carbonyl (C=O) groups is 3. The second kappa shape index (κ2) is 5.19. The minimum atomic E-state index is -2.06. The second-order valence-corrected chi connectivity index (χ2v) is 4.80. The summed E-state index contributed by atoms with van der Waals surface area (Å²) < 4.78 is 0. The first kappa shape index (κ1) is 15.0. The van der Waals surface area contributed by atoms with Crippen molar-refractivity contribution in [3.8, 4) is 12.1 Å². The van der Waals surface area contributed by atoms with Crippen molar-refractivity contribution in [2.75, 3.05) is 5.32 Å². The van der Waals surface area contributed by atoms with Crippen molar-refractivity contribution in [3.05, 3.63) is 29.8 Å². The molecule has 22 heavy (non-hydrogen) atoms. The summed E-state index contributed by atoms with van der Waals surface area (Å²) in [4.78, 5) is 35.9. The fourth-order valence-electron chi connectivity index (χ4n) is 2.82. The summed E-state index contributed by atoms with van der Waals surface area (Å²) in [6.07, 6.45) is 0. The zero-order chi connectivity index (χ0) is 16.5. The van der Waals surface area contributed by atoms with Crippen LogP contribution in [0.4, 0.5) is 5.69 Å². The number of hydrogen-bond acceptors (Lipinski definition) is 5. The van der Waals surface area contributed by atoms with Crippen molar-refractivity contribution < 1.29 is 14.4 Å². The lowest BCUT2D eigenvalue weighted by molar-refractivity contribution is -0.135. The summed E-state index contributed by atoms with van der Waals surface area (Å²) in [5.74, 6) is -6.49. The van der Waals surface area contributed by atoms with Crippen molar-refractivity contribution in [1.82, 2.24) is 0 Å². The molecule has 1 aliphatic heterocycles. The van der Waals surface area contributed by atoms with Gasteiger partial charge in [0, 0.05) is 5.69 Å². The first-order chi connectivity index (χ1) is 10.4. The Morgan fingerprint density at radius 1 is 1.09 bits per heavy atom. The zero-order valence-electron chi connectivity index (χ0n) is 11.2. The molecule has 2 unspecified atom stereocenters. The van der Waals surface area contributed by atoms with E-state index in [1.54, 1.807) is 24.3 Å². The Kier molecular flexibility index (Phi) is 3.54. The van der Waals surface area contributed by atoms with Gasteiger partial charge in [0.05, 0.1) is 12.1 Å². The molecule has 1 aromatic carbocycles. The van der Waals surface area contributed by atoms with E-state index in [2.05, 4.69) is 5.32 Å². The highest BCUT2D eigenvalue weighted by Gasteiger charge is 2.61. The van der Waals surface area contributed by atoms with Gasteiger partial charge in [-0.25, -0.2) is 0 Å². The molecule has 2 rings (SSSR count). The number of fused-ring (bicyclic) bond motifs is 1. The van der Waals surface area contributed by atoms with Gasteiger partial charge in [0.2, 0.25) is 17.7 Å². The number of primary amides is 2. The normalized spacial score (nSPS) is 21.6. The van der Waals surface area contributed by atoms with Crippen molar-refractivity contribution in [2.24, 2.45) is 23.3 Å². The Morgan fingerprint density at radius 3 is 2.05 bits per heavy atom. The molecule has 0 aromatic heterocycles. The van der Waals surface area contributed by atoms with Crippen LogP contribution in [0.15, 0.2) is 24.3 Å². The van der Waals surface area contributed by atoms with Gasteiger partial charge in [-0.05, 0) is 11.6 Å². The van der Waals surface area contributed by atoms with E-state index in [4.69, 9.17) is 11.5 Å². The molecule has 0 saturated heterocycles. The Balaban J connectivity index is 2.87. The predicted molar refractivity (Wildman–Crippen MR) is 73.3 cm³/mol. The summed E-state index contributed by atoms with van der Waals surface area (Å²) in [6.45, 7) is 0. The highest BCUT2D eigenvalue weighted by Crippen LogP contribution is 2.47. The maximum Gasteiger partial charge on any atom is 0.238 e. The van der Waals surface area contributed by atoms with Crippen LogP contribution in [0.2, 0.25) is 0 Å². The number of anilines is 1. The largest absolute Gasteiger partial charge is 0.368 e. The van der Waals surface area contributed by atoms with E-state index in [-0.39, 0.29) is 5.56 Å². The fraction of sp³-hybridized carbons (Fsp3) is 0.214. The van der Waals surface area contributed by atoms with E-state index in [0.717, 1.165) is 0 Å². The van der Waals surface area contributed by atoms with Crippen LogP contribution in [0.1, 0.15) is 5.56 Å². The molecule has 110 valence electrons. The molecule has 0 saturated carbocycles. The molecule has 0 aliphatic carbocycles. The lowest BCUT2D eigenvalue weighted by Gasteiger charge is -2.32. The van der Waals surface area contributed by atoms with Gasteiger partial charge in [-0.3, -0.25) is 14.4 Å². The predicted octanol–water partition coefficient (Wildman–Crippen LogP) is -0.873. The van der Waals surface area contributed by atoms with Crippen LogP contribution in [0.5, 0.6) is 0 Å². The highest BCUT2D eigenvalue weighted by molar-refractivity contribution is 6.12. The van der Waals surface area contributed by atoms with Gasteiger partial charge in [0.1, 0.15) is 17.3 Å². The molecule has 8 heteroatoms. The van der Waals surface area contributed by atoms with Gasteiger partial charge < -0.3 is 16.8 Å². The van der Waals surface area contributed by atoms with Gasteiger partial charge in [-0.15, -0.1) is 0 Å². The van der Waals surface area contributed by atoms with Crippen LogP contribution in [0, 0.1) is 34.5 Å². The standard InChI is InChI=1S/C14H11N5O3/c15-5-8(11(17)20)14(9(6-16)12(18)21)7-3-1-2-4-10(7)19-13(14)22/h1-4,8-9H,(H2,17,20)(H2,18,21)(H,19,22). The minimum Gasteiger partial charge on any atom is -0.368 e. The number of benzene rings is 1. The molecule has 3 amide bonds. The summed E-state index contributed by atoms with van der Waals surface area (Å²) >= 11 is 0. The van der Waals surface area contributed by atoms with Gasteiger partial charge >= 0.3 is 0 Å². The molecule has 1 aromatic rings. The Labute approximate surface area is 125 Å². The number of nitrogens with one attached hydrogen (secondary N) is 1. The second-order valence-electron chi connectivity index (χ2n) is 4.80. The molecule has 5 N–H and O–H groups in total. The lowest BCUT2D eigenvalue weighted by Crippen LogP contribution is -2.55. The Bertz CT molecular complexity index is 726. The average molecular weight is 297 g/mol. The molecule has 1 heterocycles. The first-order valence-corrected chi connectivity index (χ1v) is 6.20. The Morgan fingerprint density at radius 2 is 1.59 bits per heavy atom. The molecule has 8 nitrogen and oxygen atoms in total. The molecule has 0 spiro atoms. The number of hydrogen-bond donors (Lipinski definition) is 3. The smallest absolute Gasteiger partial charge is 0.238 e. The number of nitrogens with two attached hydrogens (primary N) is 2. The third-order valence-electron chi connectivity index (χ3n) is 3.73. The number of rotatable bonds is 4. The molecule has 0 fully saturated rings. The fourth-order valence-corrected chi connectivity index (χ4v) is 2.82. The van der Waals surface area contributed by atoms with Crippen molar-refractivity contribution in [2.45, 2.75) is 5.41 Å². The van der Waals surface area contributed by atoms with E-state index >= 15 is 0 Å². The van der Waals surface area contributed by atoms with E-state index < -0.39 is 35.0 Å². The van der Waals surface area contributed by atoms with Gasteiger partial charge in [0.25, 0.3) is 0 Å². The lowest BCUT2D eigenvalue weighted by atomic mass is 9.63. The zero-order valence-corrected chi connectivity index (χ0v) is 11.2. The third kappa shape index (κ3) is 1.79.